The summed E-state index contributed by atoms with van der Waals surface area (Å²) in [5.74, 6) is 0. The first-order chi connectivity index (χ1) is 16.3. The largest absolute Gasteiger partial charge is 0.381 e. The van der Waals surface area contributed by atoms with Crippen LogP contribution < -0.4 is 5.32 Å². The van der Waals surface area contributed by atoms with Gasteiger partial charge in [0, 0.05) is 61.4 Å². The molecule has 7 heteroatoms. The van der Waals surface area contributed by atoms with Gasteiger partial charge < -0.3 is 10.3 Å². The monoisotopic (exact) mass is 441 g/mol. The fourth-order valence-corrected chi connectivity index (χ4v) is 4.00. The number of aromatic amines is 1. The average molecular weight is 442 g/mol. The standard InChI is InChI=1S/C20H22N4O.C6H5NO/c25-14-16-12-22-20-18(6-9-21-20)19(16)23-17-7-10-24(11-8-17)13-15-4-2-1-3-5-15;8-5-6-2-1-3-7-4-6/h1-6,9,12,14,17H,7-8,10-11,13H2,(H2,21,22,23);1-5H. The van der Waals surface area contributed by atoms with Crippen molar-refractivity contribution in [2.45, 2.75) is 25.4 Å². The molecule has 1 aromatic carbocycles. The first-order valence-corrected chi connectivity index (χ1v) is 11.1. The van der Waals surface area contributed by atoms with Crippen LogP contribution in [0.2, 0.25) is 0 Å². The minimum atomic E-state index is 0.381. The molecule has 0 atom stereocenters. The number of nitrogens with zero attached hydrogens (tertiary/aromatic N) is 3. The van der Waals surface area contributed by atoms with Gasteiger partial charge in [0.1, 0.15) is 5.65 Å². The summed E-state index contributed by atoms with van der Waals surface area (Å²) in [5, 5.41) is 4.58. The molecule has 1 fully saturated rings. The van der Waals surface area contributed by atoms with Crippen LogP contribution in [0.4, 0.5) is 5.69 Å². The van der Waals surface area contributed by atoms with Gasteiger partial charge in [-0.05, 0) is 36.6 Å². The second-order valence-corrected chi connectivity index (χ2v) is 8.03. The molecule has 1 aliphatic rings. The highest BCUT2D eigenvalue weighted by atomic mass is 16.1. The van der Waals surface area contributed by atoms with E-state index in [9.17, 15) is 9.59 Å². The first-order valence-electron chi connectivity index (χ1n) is 11.1. The van der Waals surface area contributed by atoms with Crippen LogP contribution >= 0.6 is 0 Å². The maximum atomic E-state index is 11.4. The molecule has 0 amide bonds. The second kappa shape index (κ2) is 11.2. The zero-order valence-electron chi connectivity index (χ0n) is 18.4. The number of carbonyl (C=O) groups excluding carboxylic acids is 2. The molecule has 0 spiro atoms. The van der Waals surface area contributed by atoms with E-state index in [1.807, 2.05) is 12.3 Å². The average Bonchev–Trinajstić information content (AvgIpc) is 3.36. The smallest absolute Gasteiger partial charge is 0.153 e. The molecule has 5 rings (SSSR count). The van der Waals surface area contributed by atoms with Crippen LogP contribution in [-0.4, -0.2) is 51.6 Å². The lowest BCUT2D eigenvalue weighted by molar-refractivity contribution is 0.111. The van der Waals surface area contributed by atoms with Crippen molar-refractivity contribution in [3.8, 4) is 0 Å². The Kier molecular flexibility index (Phi) is 7.56. The number of aldehydes is 2. The molecule has 2 N–H and O–H groups in total. The molecule has 1 aliphatic heterocycles. The SMILES string of the molecule is O=Cc1cccnc1.O=Cc1cnc2[nH]ccc2c1NC1CCN(Cc2ccccc2)CC1. The number of carbonyl (C=O) groups is 2. The van der Waals surface area contributed by atoms with E-state index in [2.05, 4.69) is 55.5 Å². The van der Waals surface area contributed by atoms with E-state index in [0.29, 0.717) is 17.2 Å². The number of likely N-dealkylation sites (tertiary alicyclic amines) is 1. The summed E-state index contributed by atoms with van der Waals surface area (Å²) in [4.78, 5) is 35.0. The van der Waals surface area contributed by atoms with Crippen LogP contribution in [0.15, 0.2) is 73.3 Å². The van der Waals surface area contributed by atoms with Crippen molar-refractivity contribution in [1.29, 1.82) is 0 Å². The highest BCUT2D eigenvalue weighted by Gasteiger charge is 2.21. The number of piperidine rings is 1. The maximum absolute atomic E-state index is 11.4. The summed E-state index contributed by atoms with van der Waals surface area (Å²) >= 11 is 0. The van der Waals surface area contributed by atoms with Crippen LogP contribution in [-0.2, 0) is 6.54 Å². The van der Waals surface area contributed by atoms with Gasteiger partial charge in [-0.3, -0.25) is 19.5 Å². The van der Waals surface area contributed by atoms with E-state index in [4.69, 9.17) is 0 Å². The third kappa shape index (κ3) is 5.90. The number of hydrogen-bond donors (Lipinski definition) is 2. The molecule has 3 aromatic heterocycles. The first kappa shape index (κ1) is 22.4. The number of anilines is 1. The van der Waals surface area contributed by atoms with E-state index in [1.165, 1.54) is 11.8 Å². The fraction of sp³-hybridized carbons (Fsp3) is 0.231. The molecule has 4 heterocycles. The Bertz CT molecular complexity index is 1170. The van der Waals surface area contributed by atoms with E-state index in [0.717, 1.165) is 61.8 Å². The number of pyridine rings is 2. The molecule has 0 radical (unpaired) electrons. The number of H-pyrrole nitrogens is 1. The highest BCUT2D eigenvalue weighted by Crippen LogP contribution is 2.27. The van der Waals surface area contributed by atoms with Crippen molar-refractivity contribution >= 4 is 29.3 Å². The van der Waals surface area contributed by atoms with Gasteiger partial charge in [0.15, 0.2) is 12.6 Å². The highest BCUT2D eigenvalue weighted by molar-refractivity contribution is 5.99. The van der Waals surface area contributed by atoms with Gasteiger partial charge in [0.2, 0.25) is 0 Å². The molecule has 4 aromatic rings. The van der Waals surface area contributed by atoms with Gasteiger partial charge in [-0.2, -0.15) is 0 Å². The van der Waals surface area contributed by atoms with Crippen LogP contribution in [0, 0.1) is 0 Å². The normalized spacial score (nSPS) is 14.3. The summed E-state index contributed by atoms with van der Waals surface area (Å²) in [6.07, 6.45) is 10.4. The number of nitrogens with one attached hydrogen (secondary N) is 2. The van der Waals surface area contributed by atoms with Crippen molar-refractivity contribution in [3.05, 3.63) is 90.0 Å². The minimum absolute atomic E-state index is 0.381. The van der Waals surface area contributed by atoms with Gasteiger partial charge in [-0.1, -0.05) is 30.3 Å². The van der Waals surface area contributed by atoms with Gasteiger partial charge in [0.25, 0.3) is 0 Å². The van der Waals surface area contributed by atoms with Crippen LogP contribution in [0.5, 0.6) is 0 Å². The van der Waals surface area contributed by atoms with Crippen LogP contribution in [0.1, 0.15) is 39.1 Å². The van der Waals surface area contributed by atoms with Crippen LogP contribution in [0.25, 0.3) is 11.0 Å². The van der Waals surface area contributed by atoms with Crippen LogP contribution in [0.3, 0.4) is 0 Å². The molecule has 0 aliphatic carbocycles. The third-order valence-corrected chi connectivity index (χ3v) is 5.75. The molecule has 0 unspecified atom stereocenters. The second-order valence-electron chi connectivity index (χ2n) is 8.03. The lowest BCUT2D eigenvalue weighted by atomic mass is 10.0. The Hall–Kier alpha value is -3.84. The summed E-state index contributed by atoms with van der Waals surface area (Å²) in [6, 6.07) is 16.4. The zero-order chi connectivity index (χ0) is 22.9. The number of fused-ring (bicyclic) bond motifs is 1. The predicted octanol–water partition coefficient (Wildman–Crippen LogP) is 4.35. The Labute approximate surface area is 192 Å². The molecule has 33 heavy (non-hydrogen) atoms. The molecule has 168 valence electrons. The molecule has 0 bridgehead atoms. The molecule has 0 saturated carbocycles. The Morgan fingerprint density at radius 1 is 1.00 bits per heavy atom. The summed E-state index contributed by atoms with van der Waals surface area (Å²) in [5.41, 5.74) is 4.32. The lowest BCUT2D eigenvalue weighted by Crippen LogP contribution is -2.38. The topological polar surface area (TPSA) is 91.0 Å². The molecular formula is C26H27N5O2. The summed E-state index contributed by atoms with van der Waals surface area (Å²) in [6.45, 7) is 3.12. The summed E-state index contributed by atoms with van der Waals surface area (Å²) < 4.78 is 0. The Morgan fingerprint density at radius 3 is 2.48 bits per heavy atom. The van der Waals surface area contributed by atoms with Crippen molar-refractivity contribution in [2.75, 3.05) is 18.4 Å². The molecular weight excluding hydrogens is 414 g/mol. The quantitative estimate of drug-likeness (QED) is 0.433. The van der Waals surface area contributed by atoms with E-state index >= 15 is 0 Å². The predicted molar refractivity (Wildman–Crippen MR) is 129 cm³/mol. The third-order valence-electron chi connectivity index (χ3n) is 5.75. The number of benzene rings is 1. The molecule has 1 saturated heterocycles. The van der Waals surface area contributed by atoms with E-state index in [-0.39, 0.29) is 0 Å². The van der Waals surface area contributed by atoms with E-state index in [1.54, 1.807) is 24.5 Å². The fourth-order valence-electron chi connectivity index (χ4n) is 4.00. The molecule has 7 nitrogen and oxygen atoms in total. The van der Waals surface area contributed by atoms with E-state index < -0.39 is 0 Å². The van der Waals surface area contributed by atoms with Gasteiger partial charge in [-0.15, -0.1) is 0 Å². The number of aromatic nitrogens is 3. The van der Waals surface area contributed by atoms with Crippen molar-refractivity contribution in [2.24, 2.45) is 0 Å². The Morgan fingerprint density at radius 2 is 1.82 bits per heavy atom. The van der Waals surface area contributed by atoms with Crippen molar-refractivity contribution in [1.82, 2.24) is 19.9 Å². The number of rotatable bonds is 6. The van der Waals surface area contributed by atoms with Gasteiger partial charge >= 0.3 is 0 Å². The Balaban J connectivity index is 0.000000275. The van der Waals surface area contributed by atoms with Gasteiger partial charge in [0.05, 0.1) is 11.3 Å². The minimum Gasteiger partial charge on any atom is -0.381 e. The summed E-state index contributed by atoms with van der Waals surface area (Å²) in [7, 11) is 0. The lowest BCUT2D eigenvalue weighted by Gasteiger charge is -2.33. The van der Waals surface area contributed by atoms with Crippen molar-refractivity contribution in [3.63, 3.8) is 0 Å². The van der Waals surface area contributed by atoms with Crippen molar-refractivity contribution < 1.29 is 9.59 Å². The number of hydrogen-bond acceptors (Lipinski definition) is 6. The zero-order valence-corrected chi connectivity index (χ0v) is 18.4. The van der Waals surface area contributed by atoms with Gasteiger partial charge in [-0.25, -0.2) is 4.98 Å². The maximum Gasteiger partial charge on any atom is 0.153 e.